The first-order valence-electron chi connectivity index (χ1n) is 33.6. The van der Waals surface area contributed by atoms with Crippen LogP contribution in [0.3, 0.4) is 0 Å². The summed E-state index contributed by atoms with van der Waals surface area (Å²) in [6, 6.07) is -0.625. The molecule has 1 amide bonds. The third kappa shape index (κ3) is 59.6. The van der Waals surface area contributed by atoms with Crippen LogP contribution in [0.2, 0.25) is 0 Å². The molecule has 2 unspecified atom stereocenters. The Bertz CT molecular complexity index is 1150. The van der Waals surface area contributed by atoms with E-state index in [4.69, 9.17) is 4.74 Å². The van der Waals surface area contributed by atoms with Gasteiger partial charge in [-0.25, -0.2) is 0 Å². The van der Waals surface area contributed by atoms with E-state index in [-0.39, 0.29) is 18.5 Å². The Kier molecular flexibility index (Phi) is 62.4. The third-order valence-electron chi connectivity index (χ3n) is 15.7. The van der Waals surface area contributed by atoms with Gasteiger partial charge in [0.1, 0.15) is 0 Å². The number of carbonyl (C=O) groups excluding carboxylic acids is 2. The number of hydrogen-bond donors (Lipinski definition) is 3. The summed E-state index contributed by atoms with van der Waals surface area (Å²) < 4.78 is 5.49. The fourth-order valence-electron chi connectivity index (χ4n) is 10.6. The monoisotopic (exact) mass is 1040 g/mol. The summed E-state index contributed by atoms with van der Waals surface area (Å²) in [5.41, 5.74) is 0. The van der Waals surface area contributed by atoms with E-state index in [1.165, 1.54) is 302 Å². The molecule has 0 aliphatic rings. The standard InChI is InChI=1S/C68H131NO5/c1-3-5-7-9-11-13-15-17-33-36-40-44-48-52-56-60-66(71)65(64-70)69-67(72)61-57-53-49-45-41-37-34-31-29-27-25-23-21-19-20-22-24-26-28-30-32-35-39-43-47-51-55-59-63-74-68(73)62-58-54-50-46-42-38-18-16-14-12-10-8-6-4-2/h16,18,56,60,65-66,70-71H,3-15,17,19-55,57-59,61-64H2,1-2H3,(H,69,72)/b18-16-,60-56+. The summed E-state index contributed by atoms with van der Waals surface area (Å²) in [7, 11) is 0. The molecule has 0 aromatic carbocycles. The van der Waals surface area contributed by atoms with Crippen LogP contribution in [-0.2, 0) is 14.3 Å². The summed E-state index contributed by atoms with van der Waals surface area (Å²) in [4.78, 5) is 24.5. The van der Waals surface area contributed by atoms with E-state index in [2.05, 4.69) is 31.3 Å². The lowest BCUT2D eigenvalue weighted by Gasteiger charge is -2.20. The second-order valence-electron chi connectivity index (χ2n) is 23.2. The molecule has 0 radical (unpaired) electrons. The maximum atomic E-state index is 12.5. The predicted octanol–water partition coefficient (Wildman–Crippen LogP) is 21.4. The highest BCUT2D eigenvalue weighted by Gasteiger charge is 2.18. The maximum absolute atomic E-state index is 12.5. The van der Waals surface area contributed by atoms with Crippen molar-refractivity contribution in [1.82, 2.24) is 5.32 Å². The van der Waals surface area contributed by atoms with Crippen molar-refractivity contribution in [1.29, 1.82) is 0 Å². The second kappa shape index (κ2) is 63.9. The molecule has 2 atom stereocenters. The number of esters is 1. The van der Waals surface area contributed by atoms with Crippen molar-refractivity contribution < 1.29 is 24.5 Å². The van der Waals surface area contributed by atoms with Gasteiger partial charge in [0.05, 0.1) is 25.4 Å². The van der Waals surface area contributed by atoms with Crippen LogP contribution in [0.1, 0.15) is 373 Å². The lowest BCUT2D eigenvalue weighted by molar-refractivity contribution is -0.143. The van der Waals surface area contributed by atoms with Crippen LogP contribution in [0.25, 0.3) is 0 Å². The van der Waals surface area contributed by atoms with Crippen LogP contribution in [0.4, 0.5) is 0 Å². The van der Waals surface area contributed by atoms with Crippen LogP contribution in [0, 0.1) is 0 Å². The number of ether oxygens (including phenoxy) is 1. The average Bonchev–Trinajstić information content (AvgIpc) is 3.40. The van der Waals surface area contributed by atoms with Gasteiger partial charge >= 0.3 is 5.97 Å². The fourth-order valence-corrected chi connectivity index (χ4v) is 10.6. The lowest BCUT2D eigenvalue weighted by Crippen LogP contribution is -2.45. The number of hydrogen-bond acceptors (Lipinski definition) is 5. The third-order valence-corrected chi connectivity index (χ3v) is 15.7. The molecule has 0 rings (SSSR count). The minimum Gasteiger partial charge on any atom is -0.466 e. The Morgan fingerprint density at radius 1 is 0.365 bits per heavy atom. The summed E-state index contributed by atoms with van der Waals surface area (Å²) in [6.45, 7) is 4.92. The zero-order chi connectivity index (χ0) is 53.6. The van der Waals surface area contributed by atoms with Crippen molar-refractivity contribution in [2.24, 2.45) is 0 Å². The molecule has 0 aliphatic carbocycles. The van der Waals surface area contributed by atoms with E-state index in [0.29, 0.717) is 19.4 Å². The van der Waals surface area contributed by atoms with Crippen LogP contribution in [0.5, 0.6) is 0 Å². The first kappa shape index (κ1) is 72.3. The van der Waals surface area contributed by atoms with Gasteiger partial charge in [-0.05, 0) is 57.8 Å². The highest BCUT2D eigenvalue weighted by atomic mass is 16.5. The molecule has 0 fully saturated rings. The van der Waals surface area contributed by atoms with Gasteiger partial charge in [-0.15, -0.1) is 0 Å². The smallest absolute Gasteiger partial charge is 0.305 e. The van der Waals surface area contributed by atoms with Gasteiger partial charge in [0.25, 0.3) is 0 Å². The normalized spacial score (nSPS) is 12.6. The molecular formula is C68H131NO5. The van der Waals surface area contributed by atoms with E-state index in [1.54, 1.807) is 6.08 Å². The summed E-state index contributed by atoms with van der Waals surface area (Å²) in [5, 5.41) is 23.2. The zero-order valence-electron chi connectivity index (χ0n) is 50.1. The van der Waals surface area contributed by atoms with Crippen molar-refractivity contribution in [3.63, 3.8) is 0 Å². The van der Waals surface area contributed by atoms with Crippen LogP contribution in [-0.4, -0.2) is 47.4 Å². The summed E-state index contributed by atoms with van der Waals surface area (Å²) in [5.74, 6) is -0.0523. The Balaban J connectivity index is 3.35. The van der Waals surface area contributed by atoms with Gasteiger partial charge in [-0.1, -0.05) is 327 Å². The summed E-state index contributed by atoms with van der Waals surface area (Å²) in [6.07, 6.45) is 79.6. The number of carbonyl (C=O) groups is 2. The highest BCUT2D eigenvalue weighted by Crippen LogP contribution is 2.18. The fraction of sp³-hybridized carbons (Fsp3) is 0.912. The Labute approximate surface area is 462 Å². The predicted molar refractivity (Wildman–Crippen MR) is 324 cm³/mol. The molecule has 0 heterocycles. The van der Waals surface area contributed by atoms with Gasteiger partial charge in [0.15, 0.2) is 0 Å². The number of amides is 1. The Morgan fingerprint density at radius 2 is 0.635 bits per heavy atom. The molecule has 6 nitrogen and oxygen atoms in total. The van der Waals surface area contributed by atoms with Gasteiger partial charge in [-0.2, -0.15) is 0 Å². The van der Waals surface area contributed by atoms with Gasteiger partial charge in [-0.3, -0.25) is 9.59 Å². The molecule has 0 spiro atoms. The van der Waals surface area contributed by atoms with Crippen LogP contribution < -0.4 is 5.32 Å². The molecule has 0 saturated heterocycles. The first-order valence-corrected chi connectivity index (χ1v) is 33.6. The first-order chi connectivity index (χ1) is 36.5. The van der Waals surface area contributed by atoms with Crippen molar-refractivity contribution in [3.05, 3.63) is 24.3 Å². The van der Waals surface area contributed by atoms with Crippen molar-refractivity contribution in [3.8, 4) is 0 Å². The molecule has 0 aromatic heterocycles. The van der Waals surface area contributed by atoms with E-state index >= 15 is 0 Å². The second-order valence-corrected chi connectivity index (χ2v) is 23.2. The van der Waals surface area contributed by atoms with E-state index < -0.39 is 12.1 Å². The van der Waals surface area contributed by atoms with Gasteiger partial charge < -0.3 is 20.3 Å². The molecule has 0 bridgehead atoms. The minimum atomic E-state index is -0.842. The number of allylic oxidation sites excluding steroid dienone is 3. The quantitative estimate of drug-likeness (QED) is 0.0320. The molecule has 0 saturated carbocycles. The minimum absolute atomic E-state index is 0.0103. The number of aliphatic hydroxyl groups is 2. The van der Waals surface area contributed by atoms with Crippen molar-refractivity contribution in [2.75, 3.05) is 13.2 Å². The van der Waals surface area contributed by atoms with E-state index in [0.717, 1.165) is 44.9 Å². The SMILES string of the molecule is CCCCCCC/C=C\CCCCCCCC(=O)OCCCCCCCCCCCCCCCCCCCCCCCCCCCCCCC(=O)NC(CO)C(O)/C=C/CCCCCCCCCCCCCCC. The van der Waals surface area contributed by atoms with Gasteiger partial charge in [0, 0.05) is 12.8 Å². The lowest BCUT2D eigenvalue weighted by atomic mass is 10.0. The molecule has 6 heteroatoms. The Morgan fingerprint density at radius 3 is 0.959 bits per heavy atom. The van der Waals surface area contributed by atoms with Crippen molar-refractivity contribution >= 4 is 11.9 Å². The van der Waals surface area contributed by atoms with Crippen LogP contribution in [0.15, 0.2) is 24.3 Å². The molecule has 438 valence electrons. The molecule has 0 aromatic rings. The highest BCUT2D eigenvalue weighted by molar-refractivity contribution is 5.76. The number of nitrogens with one attached hydrogen (secondary N) is 1. The number of rotatable bonds is 63. The molecule has 74 heavy (non-hydrogen) atoms. The van der Waals surface area contributed by atoms with E-state index in [9.17, 15) is 19.8 Å². The number of aliphatic hydroxyl groups excluding tert-OH is 2. The molecule has 0 aliphatic heterocycles. The molecular weight excluding hydrogens is 911 g/mol. The van der Waals surface area contributed by atoms with Crippen LogP contribution >= 0.6 is 0 Å². The largest absolute Gasteiger partial charge is 0.466 e. The topological polar surface area (TPSA) is 95.9 Å². The van der Waals surface area contributed by atoms with Gasteiger partial charge in [0.2, 0.25) is 5.91 Å². The van der Waals surface area contributed by atoms with Crippen molar-refractivity contribution in [2.45, 2.75) is 386 Å². The number of unbranched alkanes of at least 4 members (excludes halogenated alkanes) is 50. The average molecular weight is 1040 g/mol. The molecule has 3 N–H and O–H groups in total. The zero-order valence-corrected chi connectivity index (χ0v) is 50.1. The maximum Gasteiger partial charge on any atom is 0.305 e. The Hall–Kier alpha value is -1.66. The summed E-state index contributed by atoms with van der Waals surface area (Å²) >= 11 is 0. The van der Waals surface area contributed by atoms with E-state index in [1.807, 2.05) is 6.08 Å².